The molecule has 0 saturated heterocycles. The Kier molecular flexibility index (Phi) is 6.49. The predicted octanol–water partition coefficient (Wildman–Crippen LogP) is 5.03. The van der Waals surface area contributed by atoms with Crippen LogP contribution in [0.5, 0.6) is 0 Å². The van der Waals surface area contributed by atoms with E-state index in [2.05, 4.69) is 5.32 Å². The van der Waals surface area contributed by atoms with Crippen LogP contribution < -0.4 is 10.2 Å². The maximum atomic E-state index is 12.1. The molecule has 0 spiro atoms. The summed E-state index contributed by atoms with van der Waals surface area (Å²) in [6, 6.07) is 11.6. The number of benzene rings is 2. The van der Waals surface area contributed by atoms with Crippen LogP contribution in [0.2, 0.25) is 15.1 Å². The topological polar surface area (TPSA) is 49.4 Å². The number of halogens is 3. The molecule has 0 atom stereocenters. The van der Waals surface area contributed by atoms with Gasteiger partial charge in [0.05, 0.1) is 0 Å². The van der Waals surface area contributed by atoms with E-state index in [-0.39, 0.29) is 24.8 Å². The first-order valence-corrected chi connectivity index (χ1v) is 8.28. The molecule has 4 nitrogen and oxygen atoms in total. The number of carbonyl (C=O) groups excluding carboxylic acids is 2. The summed E-state index contributed by atoms with van der Waals surface area (Å²) in [6.07, 6.45) is 0.131. The van der Waals surface area contributed by atoms with Gasteiger partial charge < -0.3 is 10.2 Å². The first kappa shape index (κ1) is 18.6. The largest absolute Gasteiger partial charge is 0.326 e. The fourth-order valence-electron chi connectivity index (χ4n) is 2.15. The molecule has 24 heavy (non-hydrogen) atoms. The lowest BCUT2D eigenvalue weighted by atomic mass is 10.2. The summed E-state index contributed by atoms with van der Waals surface area (Å²) in [6.45, 7) is 1.69. The highest BCUT2D eigenvalue weighted by atomic mass is 35.5. The second-order valence-corrected chi connectivity index (χ2v) is 6.41. The van der Waals surface area contributed by atoms with Crippen LogP contribution >= 0.6 is 34.8 Å². The number of nitrogens with one attached hydrogen (secondary N) is 1. The summed E-state index contributed by atoms with van der Waals surface area (Å²) in [5.41, 5.74) is 1.20. The number of hydrogen-bond donors (Lipinski definition) is 1. The fourth-order valence-corrected chi connectivity index (χ4v) is 2.80. The molecule has 0 aliphatic rings. The predicted molar refractivity (Wildman–Crippen MR) is 99.2 cm³/mol. The van der Waals surface area contributed by atoms with Gasteiger partial charge in [-0.3, -0.25) is 9.59 Å². The van der Waals surface area contributed by atoms with Crippen LogP contribution in [0.4, 0.5) is 11.4 Å². The average Bonchev–Trinajstić information content (AvgIpc) is 2.47. The highest BCUT2D eigenvalue weighted by Crippen LogP contribution is 2.23. The van der Waals surface area contributed by atoms with Crippen molar-refractivity contribution >= 4 is 58.0 Å². The fraction of sp³-hybridized carbons (Fsp3) is 0.176. The van der Waals surface area contributed by atoms with E-state index in [9.17, 15) is 9.59 Å². The van der Waals surface area contributed by atoms with E-state index in [1.54, 1.807) is 42.5 Å². The third-order valence-corrected chi connectivity index (χ3v) is 3.92. The molecular formula is C17H15Cl3N2O2. The third kappa shape index (κ3) is 5.41. The van der Waals surface area contributed by atoms with Crippen molar-refractivity contribution in [3.05, 3.63) is 57.5 Å². The molecule has 0 heterocycles. The van der Waals surface area contributed by atoms with E-state index in [1.807, 2.05) is 0 Å². The summed E-state index contributed by atoms with van der Waals surface area (Å²) in [5, 5.41) is 4.16. The number of hydrogen-bond acceptors (Lipinski definition) is 2. The van der Waals surface area contributed by atoms with E-state index in [1.165, 1.54) is 11.8 Å². The third-order valence-electron chi connectivity index (χ3n) is 3.23. The first-order valence-electron chi connectivity index (χ1n) is 7.15. The Morgan fingerprint density at radius 1 is 0.958 bits per heavy atom. The van der Waals surface area contributed by atoms with Gasteiger partial charge in [-0.1, -0.05) is 34.8 Å². The van der Waals surface area contributed by atoms with Gasteiger partial charge in [-0.2, -0.15) is 0 Å². The van der Waals surface area contributed by atoms with Crippen molar-refractivity contribution in [2.45, 2.75) is 13.3 Å². The Bertz CT molecular complexity index is 728. The van der Waals surface area contributed by atoms with Gasteiger partial charge in [-0.05, 0) is 42.5 Å². The maximum absolute atomic E-state index is 12.1. The highest BCUT2D eigenvalue weighted by molar-refractivity contribution is 6.35. The van der Waals surface area contributed by atoms with Crippen LogP contribution in [0.3, 0.4) is 0 Å². The van der Waals surface area contributed by atoms with Crippen LogP contribution in [0, 0.1) is 0 Å². The van der Waals surface area contributed by atoms with Crippen molar-refractivity contribution < 1.29 is 9.59 Å². The summed E-state index contributed by atoms with van der Waals surface area (Å²) in [4.78, 5) is 25.4. The van der Waals surface area contributed by atoms with Gasteiger partial charge in [-0.25, -0.2) is 0 Å². The average molecular weight is 386 g/mol. The maximum Gasteiger partial charge on any atom is 0.226 e. The van der Waals surface area contributed by atoms with Crippen LogP contribution in [-0.2, 0) is 9.59 Å². The lowest BCUT2D eigenvalue weighted by Crippen LogP contribution is -2.31. The molecule has 0 aliphatic heterocycles. The van der Waals surface area contributed by atoms with Crippen molar-refractivity contribution in [3.8, 4) is 0 Å². The Labute approximate surface area is 155 Å². The zero-order valence-corrected chi connectivity index (χ0v) is 15.1. The molecule has 7 heteroatoms. The minimum absolute atomic E-state index is 0.131. The lowest BCUT2D eigenvalue weighted by molar-refractivity contribution is -0.117. The normalized spacial score (nSPS) is 10.3. The van der Waals surface area contributed by atoms with Gasteiger partial charge in [0.25, 0.3) is 0 Å². The standard InChI is InChI=1S/C17H15Cl3N2O2/c1-11(23)22(16-4-2-12(18)3-5-16)7-6-17(24)21-15-9-13(19)8-14(20)10-15/h2-5,8-10H,6-7H2,1H3,(H,21,24). The molecule has 0 fully saturated rings. The van der Waals surface area contributed by atoms with Crippen molar-refractivity contribution in [2.75, 3.05) is 16.8 Å². The lowest BCUT2D eigenvalue weighted by Gasteiger charge is -2.21. The molecule has 2 aromatic carbocycles. The minimum Gasteiger partial charge on any atom is -0.326 e. The van der Waals surface area contributed by atoms with Crippen molar-refractivity contribution in [2.24, 2.45) is 0 Å². The van der Waals surface area contributed by atoms with Crippen molar-refractivity contribution in [1.82, 2.24) is 0 Å². The van der Waals surface area contributed by atoms with Crippen LogP contribution in [0.15, 0.2) is 42.5 Å². The van der Waals surface area contributed by atoms with E-state index in [0.717, 1.165) is 0 Å². The molecule has 0 radical (unpaired) electrons. The molecule has 0 unspecified atom stereocenters. The number of rotatable bonds is 5. The molecular weight excluding hydrogens is 371 g/mol. The Balaban J connectivity index is 2.00. The van der Waals surface area contributed by atoms with Gasteiger partial charge in [0.1, 0.15) is 0 Å². The minimum atomic E-state index is -0.242. The van der Waals surface area contributed by atoms with Crippen LogP contribution in [0.25, 0.3) is 0 Å². The molecule has 126 valence electrons. The van der Waals surface area contributed by atoms with Gasteiger partial charge in [-0.15, -0.1) is 0 Å². The summed E-state index contributed by atoms with van der Waals surface area (Å²) < 4.78 is 0. The smallest absolute Gasteiger partial charge is 0.226 e. The highest BCUT2D eigenvalue weighted by Gasteiger charge is 2.14. The summed E-state index contributed by atoms with van der Waals surface area (Å²) >= 11 is 17.6. The van der Waals surface area contributed by atoms with Crippen molar-refractivity contribution in [3.63, 3.8) is 0 Å². The second-order valence-electron chi connectivity index (χ2n) is 5.10. The van der Waals surface area contributed by atoms with Crippen LogP contribution in [-0.4, -0.2) is 18.4 Å². The van der Waals surface area contributed by atoms with E-state index in [0.29, 0.717) is 26.4 Å². The quantitative estimate of drug-likeness (QED) is 0.785. The van der Waals surface area contributed by atoms with E-state index in [4.69, 9.17) is 34.8 Å². The van der Waals surface area contributed by atoms with Gasteiger partial charge >= 0.3 is 0 Å². The first-order chi connectivity index (χ1) is 11.3. The number of nitrogens with zero attached hydrogens (tertiary/aromatic N) is 1. The Morgan fingerprint density at radius 2 is 1.54 bits per heavy atom. The van der Waals surface area contributed by atoms with Crippen molar-refractivity contribution in [1.29, 1.82) is 0 Å². The summed E-state index contributed by atoms with van der Waals surface area (Å²) in [7, 11) is 0. The second kappa shape index (κ2) is 8.38. The molecule has 2 rings (SSSR count). The molecule has 0 aromatic heterocycles. The van der Waals surface area contributed by atoms with Gasteiger partial charge in [0, 0.05) is 46.3 Å². The van der Waals surface area contributed by atoms with Crippen LogP contribution in [0.1, 0.15) is 13.3 Å². The molecule has 0 bridgehead atoms. The van der Waals surface area contributed by atoms with E-state index >= 15 is 0 Å². The molecule has 0 saturated carbocycles. The monoisotopic (exact) mass is 384 g/mol. The zero-order valence-electron chi connectivity index (χ0n) is 12.9. The Morgan fingerprint density at radius 3 is 2.08 bits per heavy atom. The zero-order chi connectivity index (χ0) is 17.7. The molecule has 2 aromatic rings. The summed E-state index contributed by atoms with van der Waals surface area (Å²) in [5.74, 6) is -0.399. The number of carbonyl (C=O) groups is 2. The molecule has 0 aliphatic carbocycles. The van der Waals surface area contributed by atoms with Gasteiger partial charge in [0.2, 0.25) is 11.8 Å². The number of amides is 2. The number of anilines is 2. The molecule has 2 amide bonds. The Hall–Kier alpha value is -1.75. The van der Waals surface area contributed by atoms with Gasteiger partial charge in [0.15, 0.2) is 0 Å². The SMILES string of the molecule is CC(=O)N(CCC(=O)Nc1cc(Cl)cc(Cl)c1)c1ccc(Cl)cc1. The molecule has 1 N–H and O–H groups in total. The van der Waals surface area contributed by atoms with E-state index < -0.39 is 0 Å².